The van der Waals surface area contributed by atoms with E-state index in [0.29, 0.717) is 27.3 Å². The molecular formula is C10H12Cl2N2OS. The first-order valence-corrected chi connectivity index (χ1v) is 6.65. The first-order valence-electron chi connectivity index (χ1n) is 5.07. The molecule has 2 heterocycles. The van der Waals surface area contributed by atoms with Gasteiger partial charge in [0.15, 0.2) is 0 Å². The summed E-state index contributed by atoms with van der Waals surface area (Å²) < 4.78 is 1.01. The smallest absolute Gasteiger partial charge is 0.256 e. The van der Waals surface area contributed by atoms with Crippen molar-refractivity contribution in [2.45, 2.75) is 18.9 Å². The van der Waals surface area contributed by atoms with Crippen molar-refractivity contribution in [2.24, 2.45) is 5.73 Å². The van der Waals surface area contributed by atoms with Crippen molar-refractivity contribution in [1.82, 2.24) is 4.90 Å². The summed E-state index contributed by atoms with van der Waals surface area (Å²) in [4.78, 5) is 13.9. The van der Waals surface area contributed by atoms with Gasteiger partial charge >= 0.3 is 0 Å². The lowest BCUT2D eigenvalue weighted by Gasteiger charge is -2.30. The fraction of sp³-hybridized carbons (Fsp3) is 0.500. The fourth-order valence-electron chi connectivity index (χ4n) is 1.76. The molecule has 0 radical (unpaired) electrons. The van der Waals surface area contributed by atoms with Gasteiger partial charge in [0.1, 0.15) is 4.34 Å². The van der Waals surface area contributed by atoms with Gasteiger partial charge in [-0.15, -0.1) is 11.3 Å². The van der Waals surface area contributed by atoms with Crippen molar-refractivity contribution in [3.8, 4) is 0 Å². The van der Waals surface area contributed by atoms with E-state index < -0.39 is 0 Å². The van der Waals surface area contributed by atoms with Crippen LogP contribution in [0.25, 0.3) is 0 Å². The van der Waals surface area contributed by atoms with Crippen LogP contribution in [-0.2, 0) is 0 Å². The highest BCUT2D eigenvalue weighted by atomic mass is 35.5. The Hall–Kier alpha value is -0.290. The molecule has 6 heteroatoms. The molecular weight excluding hydrogens is 267 g/mol. The molecule has 88 valence electrons. The summed E-state index contributed by atoms with van der Waals surface area (Å²) in [5.74, 6) is -0.0416. The molecule has 2 N–H and O–H groups in total. The summed E-state index contributed by atoms with van der Waals surface area (Å²) in [5.41, 5.74) is 6.29. The Morgan fingerprint density at radius 3 is 2.56 bits per heavy atom. The number of hydrogen-bond donors (Lipinski definition) is 1. The van der Waals surface area contributed by atoms with E-state index in [2.05, 4.69) is 0 Å². The zero-order valence-corrected chi connectivity index (χ0v) is 10.9. The van der Waals surface area contributed by atoms with Crippen LogP contribution in [0.1, 0.15) is 23.2 Å². The average molecular weight is 279 g/mol. The van der Waals surface area contributed by atoms with Crippen molar-refractivity contribution in [1.29, 1.82) is 0 Å². The Morgan fingerprint density at radius 1 is 1.44 bits per heavy atom. The Labute approximate surface area is 108 Å². The largest absolute Gasteiger partial charge is 0.338 e. The third-order valence-corrected chi connectivity index (χ3v) is 4.20. The van der Waals surface area contributed by atoms with Crippen LogP contribution in [-0.4, -0.2) is 29.9 Å². The van der Waals surface area contributed by atoms with E-state index in [1.807, 2.05) is 0 Å². The highest BCUT2D eigenvalue weighted by Crippen LogP contribution is 2.32. The summed E-state index contributed by atoms with van der Waals surface area (Å²) in [6.07, 6.45) is 1.70. The second-order valence-corrected chi connectivity index (χ2v) is 6.15. The average Bonchev–Trinajstić information content (AvgIpc) is 2.58. The number of carbonyl (C=O) groups is 1. The van der Waals surface area contributed by atoms with Gasteiger partial charge in [-0.25, -0.2) is 0 Å². The predicted molar refractivity (Wildman–Crippen MR) is 67.5 cm³/mol. The number of thiophene rings is 1. The Morgan fingerprint density at radius 2 is 2.06 bits per heavy atom. The molecule has 0 bridgehead atoms. The van der Waals surface area contributed by atoms with E-state index >= 15 is 0 Å². The Bertz CT molecular complexity index is 400. The van der Waals surface area contributed by atoms with Crippen molar-refractivity contribution in [3.05, 3.63) is 20.3 Å². The summed E-state index contributed by atoms with van der Waals surface area (Å²) in [5, 5.41) is 0. The minimum Gasteiger partial charge on any atom is -0.338 e. The van der Waals surface area contributed by atoms with Crippen LogP contribution in [0.4, 0.5) is 0 Å². The molecule has 1 fully saturated rings. The molecule has 0 saturated carbocycles. The standard InChI is InChI=1S/C10H12Cl2N2OS/c11-8-5-7(9(12)16-8)10(15)14-3-1-6(13)2-4-14/h5-6H,1-4,13H2. The van der Waals surface area contributed by atoms with Crippen molar-refractivity contribution < 1.29 is 4.79 Å². The molecule has 1 aromatic rings. The van der Waals surface area contributed by atoms with Gasteiger partial charge in [-0.1, -0.05) is 23.2 Å². The lowest BCUT2D eigenvalue weighted by Crippen LogP contribution is -2.42. The van der Waals surface area contributed by atoms with E-state index in [1.54, 1.807) is 11.0 Å². The fourth-order valence-corrected chi connectivity index (χ4v) is 3.21. The maximum atomic E-state index is 12.1. The highest BCUT2D eigenvalue weighted by molar-refractivity contribution is 7.20. The summed E-state index contributed by atoms with van der Waals surface area (Å²) in [7, 11) is 0. The molecule has 1 amide bonds. The number of nitrogens with zero attached hydrogens (tertiary/aromatic N) is 1. The van der Waals surface area contributed by atoms with Crippen molar-refractivity contribution in [2.75, 3.05) is 13.1 Å². The molecule has 0 unspecified atom stereocenters. The van der Waals surface area contributed by atoms with Gasteiger partial charge in [0.2, 0.25) is 0 Å². The van der Waals surface area contributed by atoms with Crippen LogP contribution in [0.15, 0.2) is 6.07 Å². The number of piperidine rings is 1. The first kappa shape index (κ1) is 12.2. The van der Waals surface area contributed by atoms with Gasteiger partial charge in [-0.05, 0) is 18.9 Å². The monoisotopic (exact) mass is 278 g/mol. The second kappa shape index (κ2) is 4.92. The Kier molecular flexibility index (Phi) is 3.74. The Balaban J connectivity index is 2.10. The SMILES string of the molecule is NC1CCN(C(=O)c2cc(Cl)sc2Cl)CC1. The number of rotatable bonds is 1. The quantitative estimate of drug-likeness (QED) is 0.859. The lowest BCUT2D eigenvalue weighted by molar-refractivity contribution is 0.0715. The van der Waals surface area contributed by atoms with Gasteiger partial charge in [0.25, 0.3) is 5.91 Å². The van der Waals surface area contributed by atoms with Crippen molar-refractivity contribution in [3.63, 3.8) is 0 Å². The number of carbonyl (C=O) groups excluding carboxylic acids is 1. The second-order valence-electron chi connectivity index (χ2n) is 3.87. The topological polar surface area (TPSA) is 46.3 Å². The van der Waals surface area contributed by atoms with Gasteiger partial charge in [0.05, 0.1) is 9.90 Å². The summed E-state index contributed by atoms with van der Waals surface area (Å²) >= 11 is 13.0. The molecule has 0 spiro atoms. The number of hydrogen-bond acceptors (Lipinski definition) is 3. The summed E-state index contributed by atoms with van der Waals surface area (Å²) in [6.45, 7) is 1.40. The maximum absolute atomic E-state index is 12.1. The first-order chi connectivity index (χ1) is 7.58. The third kappa shape index (κ3) is 2.51. The maximum Gasteiger partial charge on any atom is 0.256 e. The third-order valence-electron chi connectivity index (χ3n) is 2.71. The van der Waals surface area contributed by atoms with E-state index in [4.69, 9.17) is 28.9 Å². The highest BCUT2D eigenvalue weighted by Gasteiger charge is 2.24. The van der Waals surface area contributed by atoms with Crippen LogP contribution in [0.3, 0.4) is 0 Å². The molecule has 1 aliphatic heterocycles. The zero-order chi connectivity index (χ0) is 11.7. The molecule has 0 atom stereocenters. The van der Waals surface area contributed by atoms with E-state index in [0.717, 1.165) is 12.8 Å². The number of likely N-dealkylation sites (tertiary alicyclic amines) is 1. The number of halogens is 2. The van der Waals surface area contributed by atoms with Gasteiger partial charge in [-0.3, -0.25) is 4.79 Å². The molecule has 2 rings (SSSR count). The predicted octanol–water partition coefficient (Wildman–Crippen LogP) is 2.62. The number of amides is 1. The van der Waals surface area contributed by atoms with Crippen LogP contribution in [0, 0.1) is 0 Å². The van der Waals surface area contributed by atoms with E-state index in [1.165, 1.54) is 11.3 Å². The van der Waals surface area contributed by atoms with Crippen LogP contribution in [0.2, 0.25) is 8.67 Å². The molecule has 1 aromatic heterocycles. The summed E-state index contributed by atoms with van der Waals surface area (Å²) in [6, 6.07) is 1.84. The molecule has 3 nitrogen and oxygen atoms in total. The minimum absolute atomic E-state index is 0.0416. The van der Waals surface area contributed by atoms with E-state index in [9.17, 15) is 4.79 Å². The van der Waals surface area contributed by atoms with Gasteiger partial charge < -0.3 is 10.6 Å². The lowest BCUT2D eigenvalue weighted by atomic mass is 10.1. The zero-order valence-electron chi connectivity index (χ0n) is 8.58. The molecule has 0 aliphatic carbocycles. The van der Waals surface area contributed by atoms with Gasteiger partial charge in [0, 0.05) is 19.1 Å². The van der Waals surface area contributed by atoms with Crippen LogP contribution in [0.5, 0.6) is 0 Å². The molecule has 1 aliphatic rings. The molecule has 16 heavy (non-hydrogen) atoms. The van der Waals surface area contributed by atoms with Gasteiger partial charge in [-0.2, -0.15) is 0 Å². The molecule has 1 saturated heterocycles. The van der Waals surface area contributed by atoms with E-state index in [-0.39, 0.29) is 11.9 Å². The number of nitrogens with two attached hydrogens (primary N) is 1. The minimum atomic E-state index is -0.0416. The normalized spacial score (nSPS) is 17.8. The molecule has 0 aromatic carbocycles. The van der Waals surface area contributed by atoms with Crippen molar-refractivity contribution >= 4 is 40.4 Å². The van der Waals surface area contributed by atoms with Crippen LogP contribution < -0.4 is 5.73 Å². The van der Waals surface area contributed by atoms with Crippen LogP contribution >= 0.6 is 34.5 Å².